The summed E-state index contributed by atoms with van der Waals surface area (Å²) in [4.78, 5) is 16.1. The largest absolute Gasteiger partial charge is 0.294 e. The molecule has 0 amide bonds. The summed E-state index contributed by atoms with van der Waals surface area (Å²) in [5, 5.41) is 0.569. The van der Waals surface area contributed by atoms with Gasteiger partial charge >= 0.3 is 0 Å². The maximum atomic E-state index is 11.9. The van der Waals surface area contributed by atoms with E-state index in [1.165, 1.54) is 0 Å². The molecule has 1 aromatic carbocycles. The van der Waals surface area contributed by atoms with Crippen LogP contribution in [0.25, 0.3) is 0 Å². The van der Waals surface area contributed by atoms with Gasteiger partial charge in [-0.25, -0.2) is 0 Å². The van der Waals surface area contributed by atoms with E-state index in [2.05, 4.69) is 20.9 Å². The molecule has 0 aliphatic rings. The number of halogens is 2. The molecule has 0 atom stereocenters. The average Bonchev–Trinajstić information content (AvgIpc) is 2.32. The summed E-state index contributed by atoms with van der Waals surface area (Å²) in [6.07, 6.45) is 1.97. The second-order valence-corrected chi connectivity index (χ2v) is 4.93. The number of pyridine rings is 1. The van der Waals surface area contributed by atoms with Crippen molar-refractivity contribution in [2.75, 3.05) is 0 Å². The Kier molecular flexibility index (Phi) is 3.92. The number of hydrogen-bond acceptors (Lipinski definition) is 2. The van der Waals surface area contributed by atoms with Gasteiger partial charge in [0.1, 0.15) is 0 Å². The van der Waals surface area contributed by atoms with Gasteiger partial charge < -0.3 is 0 Å². The van der Waals surface area contributed by atoms with Crippen molar-refractivity contribution in [2.45, 2.75) is 6.42 Å². The van der Waals surface area contributed by atoms with Crippen LogP contribution in [0, 0.1) is 0 Å². The molecule has 0 radical (unpaired) electrons. The van der Waals surface area contributed by atoms with E-state index in [0.717, 1.165) is 10.2 Å². The molecule has 4 heteroatoms. The molecule has 0 unspecified atom stereocenters. The molecule has 0 spiro atoms. The Morgan fingerprint density at radius 2 is 2.12 bits per heavy atom. The van der Waals surface area contributed by atoms with Gasteiger partial charge in [0.25, 0.3) is 0 Å². The summed E-state index contributed by atoms with van der Waals surface area (Å²) < 4.78 is 0.899. The van der Waals surface area contributed by atoms with Crippen molar-refractivity contribution in [1.29, 1.82) is 0 Å². The molecule has 86 valence electrons. The van der Waals surface area contributed by atoms with E-state index in [1.54, 1.807) is 30.5 Å². The first-order chi connectivity index (χ1) is 8.15. The number of carbonyl (C=O) groups is 1. The Labute approximate surface area is 113 Å². The number of Topliss-reactive ketones (excluding diaryl/α,β-unsaturated/α-hetero) is 1. The van der Waals surface area contributed by atoms with Gasteiger partial charge in [-0.15, -0.1) is 0 Å². The van der Waals surface area contributed by atoms with Gasteiger partial charge in [0.2, 0.25) is 0 Å². The molecule has 0 bridgehead atoms. The number of benzene rings is 1. The monoisotopic (exact) mass is 309 g/mol. The summed E-state index contributed by atoms with van der Waals surface area (Å²) in [6, 6.07) is 10.6. The Balaban J connectivity index is 2.14. The van der Waals surface area contributed by atoms with Gasteiger partial charge in [0.15, 0.2) is 5.78 Å². The number of rotatable bonds is 3. The fraction of sp³-hybridized carbons (Fsp3) is 0.0769. The SMILES string of the molecule is O=C(Cc1ccc(Br)cn1)c1cccc(Cl)c1. The Hall–Kier alpha value is -1.19. The minimum atomic E-state index is 0.0160. The number of aromatic nitrogens is 1. The summed E-state index contributed by atoms with van der Waals surface area (Å²) >= 11 is 9.14. The van der Waals surface area contributed by atoms with Crippen LogP contribution < -0.4 is 0 Å². The molecule has 1 aromatic heterocycles. The molecule has 0 aliphatic carbocycles. The van der Waals surface area contributed by atoms with E-state index in [-0.39, 0.29) is 12.2 Å². The minimum Gasteiger partial charge on any atom is -0.294 e. The van der Waals surface area contributed by atoms with Crippen LogP contribution in [-0.4, -0.2) is 10.8 Å². The maximum absolute atomic E-state index is 11.9. The lowest BCUT2D eigenvalue weighted by atomic mass is 10.1. The topological polar surface area (TPSA) is 30.0 Å². The molecule has 2 rings (SSSR count). The van der Waals surface area contributed by atoms with Crippen LogP contribution in [-0.2, 0) is 6.42 Å². The Morgan fingerprint density at radius 3 is 2.76 bits per heavy atom. The lowest BCUT2D eigenvalue weighted by molar-refractivity contribution is 0.0992. The fourth-order valence-electron chi connectivity index (χ4n) is 1.44. The highest BCUT2D eigenvalue weighted by atomic mass is 79.9. The quantitative estimate of drug-likeness (QED) is 0.804. The van der Waals surface area contributed by atoms with E-state index in [9.17, 15) is 4.79 Å². The highest BCUT2D eigenvalue weighted by Crippen LogP contribution is 2.14. The van der Waals surface area contributed by atoms with Crippen LogP contribution in [0.1, 0.15) is 16.1 Å². The predicted molar refractivity (Wildman–Crippen MR) is 71.4 cm³/mol. The number of carbonyl (C=O) groups excluding carboxylic acids is 1. The van der Waals surface area contributed by atoms with Crippen LogP contribution in [0.2, 0.25) is 5.02 Å². The van der Waals surface area contributed by atoms with Crippen LogP contribution in [0.5, 0.6) is 0 Å². The van der Waals surface area contributed by atoms with Crippen LogP contribution in [0.4, 0.5) is 0 Å². The number of ketones is 1. The number of nitrogens with zero attached hydrogens (tertiary/aromatic N) is 1. The molecule has 2 nitrogen and oxygen atoms in total. The molecule has 0 saturated carbocycles. The highest BCUT2D eigenvalue weighted by molar-refractivity contribution is 9.10. The summed E-state index contributed by atoms with van der Waals surface area (Å²) in [6.45, 7) is 0. The minimum absolute atomic E-state index is 0.0160. The van der Waals surface area contributed by atoms with E-state index < -0.39 is 0 Å². The van der Waals surface area contributed by atoms with Crippen molar-refractivity contribution in [3.05, 3.63) is 63.3 Å². The van der Waals surface area contributed by atoms with Gasteiger partial charge in [0, 0.05) is 26.9 Å². The second-order valence-electron chi connectivity index (χ2n) is 3.58. The zero-order chi connectivity index (χ0) is 12.3. The second kappa shape index (κ2) is 5.43. The fourth-order valence-corrected chi connectivity index (χ4v) is 1.86. The zero-order valence-electron chi connectivity index (χ0n) is 8.86. The third-order valence-electron chi connectivity index (χ3n) is 2.28. The summed E-state index contributed by atoms with van der Waals surface area (Å²) in [7, 11) is 0. The molecular weight excluding hydrogens is 302 g/mol. The van der Waals surface area contributed by atoms with E-state index >= 15 is 0 Å². The molecule has 0 fully saturated rings. The van der Waals surface area contributed by atoms with Gasteiger partial charge in [-0.1, -0.05) is 23.7 Å². The van der Waals surface area contributed by atoms with Crippen molar-refractivity contribution in [1.82, 2.24) is 4.98 Å². The van der Waals surface area contributed by atoms with Crippen molar-refractivity contribution in [2.24, 2.45) is 0 Å². The third kappa shape index (κ3) is 3.38. The Bertz CT molecular complexity index is 539. The lowest BCUT2D eigenvalue weighted by Crippen LogP contribution is -2.04. The van der Waals surface area contributed by atoms with Gasteiger partial charge in [0.05, 0.1) is 6.42 Å². The zero-order valence-corrected chi connectivity index (χ0v) is 11.2. The van der Waals surface area contributed by atoms with Crippen molar-refractivity contribution >= 4 is 33.3 Å². The van der Waals surface area contributed by atoms with Crippen molar-refractivity contribution in [3.63, 3.8) is 0 Å². The lowest BCUT2D eigenvalue weighted by Gasteiger charge is -2.01. The number of hydrogen-bond donors (Lipinski definition) is 0. The average molecular weight is 311 g/mol. The molecule has 0 saturated heterocycles. The smallest absolute Gasteiger partial charge is 0.168 e. The van der Waals surface area contributed by atoms with Crippen LogP contribution >= 0.6 is 27.5 Å². The first kappa shape index (κ1) is 12.3. The normalized spacial score (nSPS) is 10.2. The van der Waals surface area contributed by atoms with E-state index in [4.69, 9.17) is 11.6 Å². The van der Waals surface area contributed by atoms with Crippen molar-refractivity contribution in [3.8, 4) is 0 Å². The third-order valence-corrected chi connectivity index (χ3v) is 2.98. The van der Waals surface area contributed by atoms with E-state index in [0.29, 0.717) is 10.6 Å². The summed E-state index contributed by atoms with van der Waals surface area (Å²) in [5.41, 5.74) is 1.36. The standard InChI is InChI=1S/C13H9BrClNO/c14-10-4-5-12(16-8-10)7-13(17)9-2-1-3-11(15)6-9/h1-6,8H,7H2. The highest BCUT2D eigenvalue weighted by Gasteiger charge is 2.08. The maximum Gasteiger partial charge on any atom is 0.168 e. The molecule has 0 N–H and O–H groups in total. The predicted octanol–water partition coefficient (Wildman–Crippen LogP) is 3.92. The molecule has 17 heavy (non-hydrogen) atoms. The van der Waals surface area contributed by atoms with Crippen molar-refractivity contribution < 1.29 is 4.79 Å². The van der Waals surface area contributed by atoms with Gasteiger partial charge in [-0.2, -0.15) is 0 Å². The molecule has 1 heterocycles. The first-order valence-electron chi connectivity index (χ1n) is 5.04. The molecule has 2 aromatic rings. The molecular formula is C13H9BrClNO. The van der Waals surface area contributed by atoms with Gasteiger partial charge in [-0.05, 0) is 40.2 Å². The summed E-state index contributed by atoms with van der Waals surface area (Å²) in [5.74, 6) is 0.0160. The molecule has 0 aliphatic heterocycles. The van der Waals surface area contributed by atoms with Crippen LogP contribution in [0.3, 0.4) is 0 Å². The Morgan fingerprint density at radius 1 is 1.29 bits per heavy atom. The van der Waals surface area contributed by atoms with E-state index in [1.807, 2.05) is 12.1 Å². The first-order valence-corrected chi connectivity index (χ1v) is 6.21. The van der Waals surface area contributed by atoms with Gasteiger partial charge in [-0.3, -0.25) is 9.78 Å². The van der Waals surface area contributed by atoms with Crippen LogP contribution in [0.15, 0.2) is 47.1 Å².